The van der Waals surface area contributed by atoms with E-state index in [9.17, 15) is 35.5 Å². The number of aryl methyl sites for hydroxylation is 1. The predicted molar refractivity (Wildman–Crippen MR) is 140 cm³/mol. The Kier molecular flexibility index (Phi) is 7.79. The molecule has 3 aromatic heterocycles. The van der Waals surface area contributed by atoms with Crippen molar-refractivity contribution in [3.05, 3.63) is 71.8 Å². The molecule has 0 spiro atoms. The van der Waals surface area contributed by atoms with Gasteiger partial charge >= 0.3 is 18.5 Å². The number of pyridine rings is 1. The molecule has 0 saturated heterocycles. The van der Waals surface area contributed by atoms with Gasteiger partial charge in [0.2, 0.25) is 5.95 Å². The number of fused-ring (bicyclic) bond motifs is 1. The van der Waals surface area contributed by atoms with Gasteiger partial charge in [-0.15, -0.1) is 0 Å². The van der Waals surface area contributed by atoms with Gasteiger partial charge in [0.05, 0.1) is 28.9 Å². The maximum atomic E-state index is 14.3. The normalized spacial score (nSPS) is 11.9. The van der Waals surface area contributed by atoms with Crippen LogP contribution < -0.4 is 14.8 Å². The summed E-state index contributed by atoms with van der Waals surface area (Å²) in [6.45, 7) is 1.31. The standard InChI is InChI=1S/C27H19F7N6O4/c1-3-42-25(41)44-23-21(27(32,33)34)38-22(39-23)19-12-15(8-9-35-19)43-14-5-7-20-18(11-14)37-24(40(20)2)36-17-10-13(26(29,30)31)4-6-16(17)28/h4-12H,3H2,1-2H3,(H,36,37)(H,38,39). The van der Waals surface area contributed by atoms with Crippen molar-refractivity contribution >= 4 is 28.8 Å². The maximum absolute atomic E-state index is 14.3. The van der Waals surface area contributed by atoms with Crippen molar-refractivity contribution < 1.29 is 49.7 Å². The molecular weight excluding hydrogens is 605 g/mol. The highest BCUT2D eigenvalue weighted by atomic mass is 19.4. The van der Waals surface area contributed by atoms with Crippen molar-refractivity contribution in [2.45, 2.75) is 19.3 Å². The summed E-state index contributed by atoms with van der Waals surface area (Å²) in [5.41, 5.74) is -2.13. The van der Waals surface area contributed by atoms with E-state index in [-0.39, 0.29) is 35.6 Å². The fourth-order valence-corrected chi connectivity index (χ4v) is 3.98. The second-order valence-electron chi connectivity index (χ2n) is 8.99. The smallest absolute Gasteiger partial charge is 0.457 e. The molecule has 0 aliphatic carbocycles. The third-order valence-corrected chi connectivity index (χ3v) is 6.00. The van der Waals surface area contributed by atoms with Crippen LogP contribution in [0.4, 0.5) is 47.2 Å². The van der Waals surface area contributed by atoms with Gasteiger partial charge in [0.1, 0.15) is 23.0 Å². The summed E-state index contributed by atoms with van der Waals surface area (Å²) in [6, 6.07) is 9.27. The number of nitrogens with zero attached hydrogens (tertiary/aromatic N) is 4. The molecule has 0 aliphatic heterocycles. The van der Waals surface area contributed by atoms with Crippen LogP contribution in [0.1, 0.15) is 18.2 Å². The number of anilines is 2. The molecule has 3 heterocycles. The number of hydrogen-bond donors (Lipinski definition) is 2. The Balaban J connectivity index is 1.40. The maximum Gasteiger partial charge on any atom is 0.515 e. The topological polar surface area (TPSA) is 116 Å². The summed E-state index contributed by atoms with van der Waals surface area (Å²) in [7, 11) is 1.57. The Morgan fingerprint density at radius 1 is 0.977 bits per heavy atom. The fourth-order valence-electron chi connectivity index (χ4n) is 3.98. The first-order chi connectivity index (χ1) is 20.7. The summed E-state index contributed by atoms with van der Waals surface area (Å²) in [6.07, 6.45) is -9.74. The van der Waals surface area contributed by atoms with Crippen molar-refractivity contribution in [1.82, 2.24) is 24.5 Å². The van der Waals surface area contributed by atoms with E-state index in [2.05, 4.69) is 29.7 Å². The third-order valence-electron chi connectivity index (χ3n) is 6.00. The zero-order valence-corrected chi connectivity index (χ0v) is 22.5. The largest absolute Gasteiger partial charge is 0.515 e. The lowest BCUT2D eigenvalue weighted by atomic mass is 10.2. The molecule has 0 aliphatic rings. The number of carbonyl (C=O) groups excluding carboxylic acids is 1. The number of rotatable bonds is 7. The van der Waals surface area contributed by atoms with Crippen LogP contribution in [0.5, 0.6) is 17.4 Å². The molecule has 0 saturated carbocycles. The molecule has 0 atom stereocenters. The number of hydrogen-bond acceptors (Lipinski definition) is 8. The number of carbonyl (C=O) groups is 1. The number of aromatic amines is 1. The van der Waals surface area contributed by atoms with E-state index in [0.717, 1.165) is 0 Å². The van der Waals surface area contributed by atoms with Crippen molar-refractivity contribution in [2.24, 2.45) is 7.05 Å². The molecule has 230 valence electrons. The number of nitrogens with one attached hydrogen (secondary N) is 2. The molecule has 0 radical (unpaired) electrons. The van der Waals surface area contributed by atoms with E-state index in [0.29, 0.717) is 29.2 Å². The van der Waals surface area contributed by atoms with Crippen molar-refractivity contribution in [1.29, 1.82) is 0 Å². The van der Waals surface area contributed by atoms with E-state index in [1.54, 1.807) is 19.2 Å². The van der Waals surface area contributed by atoms with Crippen LogP contribution in [0.25, 0.3) is 22.6 Å². The number of benzene rings is 2. The Morgan fingerprint density at radius 3 is 2.43 bits per heavy atom. The Hall–Kier alpha value is -5.35. The molecule has 17 heteroatoms. The highest BCUT2D eigenvalue weighted by molar-refractivity contribution is 5.81. The van der Waals surface area contributed by atoms with Crippen LogP contribution in [-0.2, 0) is 24.1 Å². The van der Waals surface area contributed by atoms with Crippen molar-refractivity contribution in [3.63, 3.8) is 0 Å². The molecule has 0 unspecified atom stereocenters. The minimum Gasteiger partial charge on any atom is -0.457 e. The average Bonchev–Trinajstić information content (AvgIpc) is 3.50. The average molecular weight is 624 g/mol. The molecule has 0 fully saturated rings. The van der Waals surface area contributed by atoms with E-state index < -0.39 is 47.1 Å². The number of aromatic nitrogens is 5. The molecular formula is C27H19F7N6O4. The Morgan fingerprint density at radius 2 is 1.73 bits per heavy atom. The zero-order chi connectivity index (χ0) is 31.8. The van der Waals surface area contributed by atoms with Gasteiger partial charge in [-0.3, -0.25) is 4.98 Å². The van der Waals surface area contributed by atoms with Gasteiger partial charge in [-0.25, -0.2) is 14.2 Å². The van der Waals surface area contributed by atoms with Crippen LogP contribution >= 0.6 is 0 Å². The number of H-pyrrole nitrogens is 1. The van der Waals surface area contributed by atoms with Crippen LogP contribution in [0.3, 0.4) is 0 Å². The predicted octanol–water partition coefficient (Wildman–Crippen LogP) is 7.61. The van der Waals surface area contributed by atoms with Crippen LogP contribution in [-0.4, -0.2) is 37.3 Å². The van der Waals surface area contributed by atoms with E-state index >= 15 is 0 Å². The lowest BCUT2D eigenvalue weighted by Gasteiger charge is -2.11. The molecule has 5 rings (SSSR count). The van der Waals surface area contributed by atoms with Crippen LogP contribution in [0.15, 0.2) is 54.7 Å². The van der Waals surface area contributed by atoms with E-state index in [1.807, 2.05) is 4.98 Å². The van der Waals surface area contributed by atoms with Gasteiger partial charge in [-0.2, -0.15) is 31.3 Å². The summed E-state index contributed by atoms with van der Waals surface area (Å²) in [5.74, 6) is -1.94. The first kappa shape index (κ1) is 30.1. The highest BCUT2D eigenvalue weighted by Gasteiger charge is 2.39. The van der Waals surface area contributed by atoms with Gasteiger partial charge in [-0.05, 0) is 43.3 Å². The van der Waals surface area contributed by atoms with E-state index in [4.69, 9.17) is 4.74 Å². The number of halogens is 7. The SMILES string of the molecule is CCOC(=O)Oc1nc(-c2cc(Oc3ccc4c(c3)nc(Nc3cc(C(F)(F)F)ccc3F)n4C)ccn2)[nH]c1C(F)(F)F. The first-order valence-corrected chi connectivity index (χ1v) is 12.5. The fraction of sp³-hybridized carbons (Fsp3) is 0.185. The molecule has 2 aromatic carbocycles. The molecule has 2 N–H and O–H groups in total. The summed E-state index contributed by atoms with van der Waals surface area (Å²) in [5, 5.41) is 2.57. The lowest BCUT2D eigenvalue weighted by molar-refractivity contribution is -0.142. The van der Waals surface area contributed by atoms with Crippen LogP contribution in [0, 0.1) is 5.82 Å². The second kappa shape index (κ2) is 11.4. The lowest BCUT2D eigenvalue weighted by Crippen LogP contribution is -2.14. The minimum atomic E-state index is -4.94. The van der Waals surface area contributed by atoms with Gasteiger partial charge in [-0.1, -0.05) is 0 Å². The minimum absolute atomic E-state index is 0.0423. The molecule has 44 heavy (non-hydrogen) atoms. The Bertz CT molecular complexity index is 1850. The monoisotopic (exact) mass is 624 g/mol. The molecule has 5 aromatic rings. The van der Waals surface area contributed by atoms with Gasteiger partial charge in [0.15, 0.2) is 11.5 Å². The summed E-state index contributed by atoms with van der Waals surface area (Å²) < 4.78 is 111. The second-order valence-corrected chi connectivity index (χ2v) is 8.99. The van der Waals surface area contributed by atoms with Crippen molar-refractivity contribution in [2.75, 3.05) is 11.9 Å². The molecule has 0 amide bonds. The number of alkyl halides is 6. The quantitative estimate of drug-likeness (QED) is 0.140. The van der Waals surface area contributed by atoms with Gasteiger partial charge in [0, 0.05) is 25.4 Å². The third kappa shape index (κ3) is 6.35. The number of imidazole rings is 2. The Labute approximate surface area is 242 Å². The summed E-state index contributed by atoms with van der Waals surface area (Å²) >= 11 is 0. The van der Waals surface area contributed by atoms with Crippen LogP contribution in [0.2, 0.25) is 0 Å². The summed E-state index contributed by atoms with van der Waals surface area (Å²) in [4.78, 5) is 25.7. The van der Waals surface area contributed by atoms with Gasteiger partial charge in [0.25, 0.3) is 5.88 Å². The molecule has 10 nitrogen and oxygen atoms in total. The van der Waals surface area contributed by atoms with E-state index in [1.165, 1.54) is 35.9 Å². The highest BCUT2D eigenvalue weighted by Crippen LogP contribution is 2.37. The van der Waals surface area contributed by atoms with Crippen molar-refractivity contribution in [3.8, 4) is 28.9 Å². The van der Waals surface area contributed by atoms with Gasteiger partial charge < -0.3 is 29.1 Å². The molecule has 0 bridgehead atoms. The zero-order valence-electron chi connectivity index (χ0n) is 22.5. The first-order valence-electron chi connectivity index (χ1n) is 12.5. The number of ether oxygens (including phenoxy) is 3.